The Kier molecular flexibility index (Phi) is 4.52. The number of halogens is 2. The molecule has 2 aromatic rings. The molecule has 0 aliphatic rings. The molecule has 1 aromatic carbocycles. The van der Waals surface area contributed by atoms with Crippen molar-refractivity contribution in [2.45, 2.75) is 18.5 Å². The van der Waals surface area contributed by atoms with Crippen LogP contribution in [0.1, 0.15) is 11.3 Å². The minimum Gasteiger partial charge on any atom is -0.326 e. The highest BCUT2D eigenvalue weighted by Gasteiger charge is 2.23. The van der Waals surface area contributed by atoms with E-state index in [1.165, 1.54) is 0 Å². The number of aromatic amines is 1. The molecule has 0 spiro atoms. The van der Waals surface area contributed by atoms with Gasteiger partial charge in [0.1, 0.15) is 0 Å². The van der Waals surface area contributed by atoms with E-state index in [4.69, 9.17) is 5.73 Å². The third kappa shape index (κ3) is 3.05. The monoisotopic (exact) mass is 422 g/mol. The van der Waals surface area contributed by atoms with E-state index in [1.54, 1.807) is 25.1 Å². The van der Waals surface area contributed by atoms with Crippen LogP contribution in [-0.2, 0) is 16.6 Å². The Morgan fingerprint density at radius 1 is 1.40 bits per heavy atom. The second-order valence-electron chi connectivity index (χ2n) is 4.07. The van der Waals surface area contributed by atoms with Gasteiger partial charge in [0.15, 0.2) is 0 Å². The second-order valence-corrected chi connectivity index (χ2v) is 7.43. The highest BCUT2D eigenvalue weighted by molar-refractivity contribution is 9.11. The van der Waals surface area contributed by atoms with Crippen molar-refractivity contribution in [3.05, 3.63) is 38.4 Å². The summed E-state index contributed by atoms with van der Waals surface area (Å²) in [7, 11) is -3.80. The number of sulfonamides is 1. The third-order valence-electron chi connectivity index (χ3n) is 2.67. The van der Waals surface area contributed by atoms with Crippen LogP contribution in [0.25, 0.3) is 0 Å². The number of anilines is 1. The number of nitrogens with zero attached hydrogens (tertiary/aromatic N) is 1. The zero-order valence-corrected chi connectivity index (χ0v) is 14.4. The first-order chi connectivity index (χ1) is 9.35. The van der Waals surface area contributed by atoms with E-state index >= 15 is 0 Å². The number of nitrogens with one attached hydrogen (secondary N) is 2. The smallest absolute Gasteiger partial charge is 0.281 e. The van der Waals surface area contributed by atoms with E-state index in [-0.39, 0.29) is 11.6 Å². The fraction of sp³-hybridized carbons (Fsp3) is 0.182. The first-order valence-electron chi connectivity index (χ1n) is 5.57. The molecule has 1 aromatic heterocycles. The molecule has 0 bridgehead atoms. The molecule has 9 heteroatoms. The number of H-pyrrole nitrogens is 1. The Balaban J connectivity index is 2.43. The van der Waals surface area contributed by atoms with Crippen LogP contribution in [0.2, 0.25) is 0 Å². The molecule has 4 N–H and O–H groups in total. The van der Waals surface area contributed by atoms with E-state index in [0.717, 1.165) is 4.47 Å². The standard InChI is InChI=1S/C11H12Br2N4O2S/c1-6-8(5-14)11(16-15-6)20(18,19)17-10-4-7(12)2-3-9(10)13/h2-4,17H,5,14H2,1H3,(H,15,16). The first-order valence-corrected chi connectivity index (χ1v) is 8.64. The summed E-state index contributed by atoms with van der Waals surface area (Å²) >= 11 is 6.59. The third-order valence-corrected chi connectivity index (χ3v) is 5.19. The number of benzene rings is 1. The quantitative estimate of drug-likeness (QED) is 0.703. The predicted molar refractivity (Wildman–Crippen MR) is 83.9 cm³/mol. The number of nitrogens with two attached hydrogens (primary N) is 1. The number of rotatable bonds is 4. The molecule has 0 amide bonds. The molecule has 108 valence electrons. The van der Waals surface area contributed by atoms with Crippen LogP contribution >= 0.6 is 31.9 Å². The van der Waals surface area contributed by atoms with Crippen molar-refractivity contribution in [1.29, 1.82) is 0 Å². The molecule has 0 saturated carbocycles. The van der Waals surface area contributed by atoms with E-state index in [9.17, 15) is 8.42 Å². The summed E-state index contributed by atoms with van der Waals surface area (Å²) < 4.78 is 28.6. The molecule has 0 aliphatic heterocycles. The molecule has 20 heavy (non-hydrogen) atoms. The lowest BCUT2D eigenvalue weighted by atomic mass is 10.3. The van der Waals surface area contributed by atoms with Crippen molar-refractivity contribution in [1.82, 2.24) is 10.2 Å². The lowest BCUT2D eigenvalue weighted by Gasteiger charge is -2.09. The summed E-state index contributed by atoms with van der Waals surface area (Å²) in [5, 5.41) is 6.38. The van der Waals surface area contributed by atoms with Crippen molar-refractivity contribution in [2.75, 3.05) is 4.72 Å². The van der Waals surface area contributed by atoms with Gasteiger partial charge in [-0.1, -0.05) is 15.9 Å². The van der Waals surface area contributed by atoms with Crippen LogP contribution in [0.15, 0.2) is 32.2 Å². The molecule has 0 fully saturated rings. The average Bonchev–Trinajstić information content (AvgIpc) is 2.75. The van der Waals surface area contributed by atoms with Gasteiger partial charge in [-0.3, -0.25) is 9.82 Å². The fourth-order valence-electron chi connectivity index (χ4n) is 1.66. The second kappa shape index (κ2) is 5.84. The summed E-state index contributed by atoms with van der Waals surface area (Å²) in [4.78, 5) is 0. The molecule has 0 aliphatic carbocycles. The highest BCUT2D eigenvalue weighted by Crippen LogP contribution is 2.28. The Labute approximate surface area is 133 Å². The summed E-state index contributed by atoms with van der Waals surface area (Å²) in [6, 6.07) is 5.19. The van der Waals surface area contributed by atoms with Crippen molar-refractivity contribution in [3.8, 4) is 0 Å². The Hall–Kier alpha value is -0.900. The molecule has 1 heterocycles. The Morgan fingerprint density at radius 3 is 2.75 bits per heavy atom. The van der Waals surface area contributed by atoms with Gasteiger partial charge in [-0.05, 0) is 41.1 Å². The molecule has 0 radical (unpaired) electrons. The van der Waals surface area contributed by atoms with Gasteiger partial charge in [0.05, 0.1) is 5.69 Å². The molecular weight excluding hydrogens is 412 g/mol. The van der Waals surface area contributed by atoms with E-state index in [1.807, 2.05) is 0 Å². The summed E-state index contributed by atoms with van der Waals surface area (Å²) in [5.41, 5.74) is 7.11. The van der Waals surface area contributed by atoms with Gasteiger partial charge in [-0.2, -0.15) is 13.5 Å². The maximum Gasteiger partial charge on any atom is 0.281 e. The van der Waals surface area contributed by atoms with Gasteiger partial charge in [-0.15, -0.1) is 0 Å². The minimum absolute atomic E-state index is 0.0793. The molecular formula is C11H12Br2N4O2S. The maximum atomic E-state index is 12.4. The summed E-state index contributed by atoms with van der Waals surface area (Å²) in [5.74, 6) is 0. The topological polar surface area (TPSA) is 101 Å². The number of hydrogen-bond acceptors (Lipinski definition) is 4. The van der Waals surface area contributed by atoms with Gasteiger partial charge < -0.3 is 5.73 Å². The van der Waals surface area contributed by atoms with Crippen LogP contribution < -0.4 is 10.5 Å². The van der Waals surface area contributed by atoms with Crippen molar-refractivity contribution in [3.63, 3.8) is 0 Å². The minimum atomic E-state index is -3.80. The van der Waals surface area contributed by atoms with Crippen LogP contribution in [0.5, 0.6) is 0 Å². The molecule has 0 saturated heterocycles. The van der Waals surface area contributed by atoms with Gasteiger partial charge in [0.2, 0.25) is 5.03 Å². The van der Waals surface area contributed by atoms with Gasteiger partial charge in [-0.25, -0.2) is 0 Å². The number of aryl methyl sites for hydroxylation is 1. The molecule has 0 atom stereocenters. The van der Waals surface area contributed by atoms with Gasteiger partial charge in [0.25, 0.3) is 10.0 Å². The van der Waals surface area contributed by atoms with E-state index in [2.05, 4.69) is 46.8 Å². The van der Waals surface area contributed by atoms with Gasteiger partial charge in [0, 0.05) is 26.7 Å². The summed E-state index contributed by atoms with van der Waals surface area (Å²) in [6.45, 7) is 1.82. The van der Waals surface area contributed by atoms with Crippen LogP contribution in [0.4, 0.5) is 5.69 Å². The lowest BCUT2D eigenvalue weighted by molar-refractivity contribution is 0.596. The number of aromatic nitrogens is 2. The van der Waals surface area contributed by atoms with Crippen molar-refractivity contribution < 1.29 is 8.42 Å². The van der Waals surface area contributed by atoms with Gasteiger partial charge >= 0.3 is 0 Å². The zero-order chi connectivity index (χ0) is 14.9. The Bertz CT molecular complexity index is 743. The van der Waals surface area contributed by atoms with Crippen molar-refractivity contribution >= 4 is 47.6 Å². The molecule has 2 rings (SSSR count). The number of hydrogen-bond donors (Lipinski definition) is 3. The highest BCUT2D eigenvalue weighted by atomic mass is 79.9. The Morgan fingerprint density at radius 2 is 2.10 bits per heavy atom. The fourth-order valence-corrected chi connectivity index (χ4v) is 3.78. The SMILES string of the molecule is Cc1[nH]nc(S(=O)(=O)Nc2cc(Br)ccc2Br)c1CN. The lowest BCUT2D eigenvalue weighted by Crippen LogP contribution is -2.16. The normalized spacial score (nSPS) is 11.6. The summed E-state index contributed by atoms with van der Waals surface area (Å²) in [6.07, 6.45) is 0. The van der Waals surface area contributed by atoms with Crippen LogP contribution in [0, 0.1) is 6.92 Å². The maximum absolute atomic E-state index is 12.4. The predicted octanol–water partition coefficient (Wildman–Crippen LogP) is 2.50. The largest absolute Gasteiger partial charge is 0.326 e. The average molecular weight is 424 g/mol. The first kappa shape index (κ1) is 15.5. The van der Waals surface area contributed by atoms with E-state index < -0.39 is 10.0 Å². The van der Waals surface area contributed by atoms with E-state index in [0.29, 0.717) is 21.4 Å². The molecule has 0 unspecified atom stereocenters. The molecule has 6 nitrogen and oxygen atoms in total. The zero-order valence-electron chi connectivity index (χ0n) is 10.4. The van der Waals surface area contributed by atoms with Crippen molar-refractivity contribution in [2.24, 2.45) is 5.73 Å². The van der Waals surface area contributed by atoms with Crippen LogP contribution in [0.3, 0.4) is 0 Å². The van der Waals surface area contributed by atoms with Crippen LogP contribution in [-0.4, -0.2) is 18.6 Å².